The largest absolute Gasteiger partial charge is 0.454 e. The van der Waals surface area contributed by atoms with Crippen LogP contribution in [-0.2, 0) is 22.4 Å². The molecule has 0 aliphatic heterocycles. The fraction of sp³-hybridized carbons (Fsp3) is 0.385. The van der Waals surface area contributed by atoms with Gasteiger partial charge in [-0.3, -0.25) is 4.79 Å². The van der Waals surface area contributed by atoms with E-state index in [-0.39, 0.29) is 5.91 Å². The number of nitrogens with two attached hydrogens (primary N) is 1. The van der Waals surface area contributed by atoms with Crippen LogP contribution in [0.1, 0.15) is 25.0 Å². The van der Waals surface area contributed by atoms with Gasteiger partial charge in [0, 0.05) is 11.6 Å². The number of benzene rings is 1. The molecule has 18 heavy (non-hydrogen) atoms. The molecule has 0 aliphatic carbocycles. The summed E-state index contributed by atoms with van der Waals surface area (Å²) in [6.07, 6.45) is 1.36. The van der Waals surface area contributed by atoms with Crippen molar-refractivity contribution in [2.45, 2.75) is 26.7 Å². The van der Waals surface area contributed by atoms with Crippen molar-refractivity contribution in [1.29, 1.82) is 0 Å². The lowest BCUT2D eigenvalue weighted by atomic mass is 10.1. The second-order valence-electron chi connectivity index (χ2n) is 3.48. The van der Waals surface area contributed by atoms with Crippen LogP contribution in [0.4, 0.5) is 4.79 Å². The first-order valence-electron chi connectivity index (χ1n) is 5.67. The van der Waals surface area contributed by atoms with Crippen LogP contribution in [0.25, 0.3) is 0 Å². The van der Waals surface area contributed by atoms with Gasteiger partial charge in [0.2, 0.25) is 5.91 Å². The summed E-state index contributed by atoms with van der Waals surface area (Å²) < 4.78 is 4.17. The molecule has 0 heterocycles. The number of aryl methyl sites for hydroxylation is 1. The van der Waals surface area contributed by atoms with Gasteiger partial charge in [0.25, 0.3) is 0 Å². The Kier molecular flexibility index (Phi) is 8.66. The molecule has 100 valence electrons. The lowest BCUT2D eigenvalue weighted by Gasteiger charge is -1.99. The predicted molar refractivity (Wildman–Crippen MR) is 71.6 cm³/mol. The second kappa shape index (κ2) is 9.48. The lowest BCUT2D eigenvalue weighted by molar-refractivity contribution is -0.117. The van der Waals surface area contributed by atoms with Crippen LogP contribution in [-0.4, -0.2) is 17.9 Å². The quantitative estimate of drug-likeness (QED) is 0.856. The van der Waals surface area contributed by atoms with Crippen molar-refractivity contribution < 1.29 is 14.3 Å². The van der Waals surface area contributed by atoms with Gasteiger partial charge in [0.05, 0.1) is 13.0 Å². The lowest BCUT2D eigenvalue weighted by Crippen LogP contribution is -2.13. The van der Waals surface area contributed by atoms with Gasteiger partial charge in [0.15, 0.2) is 0 Å². The van der Waals surface area contributed by atoms with Gasteiger partial charge in [0.1, 0.15) is 0 Å². The van der Waals surface area contributed by atoms with Crippen LogP contribution in [0.5, 0.6) is 0 Å². The van der Waals surface area contributed by atoms with E-state index in [1.165, 1.54) is 5.56 Å². The minimum Gasteiger partial charge on any atom is -0.454 e. The van der Waals surface area contributed by atoms with Crippen LogP contribution in [0.2, 0.25) is 0 Å². The molecule has 1 aromatic carbocycles. The smallest absolute Gasteiger partial charge is 0.403 e. The zero-order chi connectivity index (χ0) is 14.0. The number of primary amides is 1. The molecule has 0 aliphatic rings. The van der Waals surface area contributed by atoms with E-state index in [1.807, 2.05) is 24.3 Å². The molecule has 0 saturated heterocycles. The van der Waals surface area contributed by atoms with E-state index in [0.717, 1.165) is 12.0 Å². The molecular formula is C13H18ClNO3. The summed E-state index contributed by atoms with van der Waals surface area (Å²) in [7, 11) is 0. The van der Waals surface area contributed by atoms with Crippen molar-refractivity contribution in [2.75, 3.05) is 6.61 Å². The highest BCUT2D eigenvalue weighted by molar-refractivity contribution is 6.61. The van der Waals surface area contributed by atoms with Crippen molar-refractivity contribution in [1.82, 2.24) is 0 Å². The highest BCUT2D eigenvalue weighted by Gasteiger charge is 1.97. The molecule has 5 heteroatoms. The Morgan fingerprint density at radius 2 is 1.67 bits per heavy atom. The summed E-state index contributed by atoms with van der Waals surface area (Å²) in [6.45, 7) is 4.14. The third-order valence-corrected chi connectivity index (χ3v) is 2.18. The fourth-order valence-corrected chi connectivity index (χ4v) is 1.32. The van der Waals surface area contributed by atoms with Crippen LogP contribution < -0.4 is 5.73 Å². The summed E-state index contributed by atoms with van der Waals surface area (Å²) in [5, 5.41) is 0. The van der Waals surface area contributed by atoms with Crippen molar-refractivity contribution in [3.05, 3.63) is 35.4 Å². The number of halogens is 1. The van der Waals surface area contributed by atoms with Crippen LogP contribution in [0.15, 0.2) is 24.3 Å². The number of hydrogen-bond acceptors (Lipinski definition) is 3. The Bertz CT molecular complexity index is 376. The molecule has 0 fully saturated rings. The number of carbonyl (C=O) groups is 2. The van der Waals surface area contributed by atoms with E-state index >= 15 is 0 Å². The van der Waals surface area contributed by atoms with E-state index in [2.05, 4.69) is 11.7 Å². The van der Waals surface area contributed by atoms with Gasteiger partial charge >= 0.3 is 5.43 Å². The number of ether oxygens (including phenoxy) is 1. The molecule has 0 saturated carbocycles. The van der Waals surface area contributed by atoms with E-state index in [1.54, 1.807) is 6.92 Å². The number of hydrogen-bond donors (Lipinski definition) is 1. The van der Waals surface area contributed by atoms with E-state index in [9.17, 15) is 9.59 Å². The molecule has 1 rings (SSSR count). The summed E-state index contributed by atoms with van der Waals surface area (Å²) in [5.74, 6) is -0.278. The molecule has 4 nitrogen and oxygen atoms in total. The first-order valence-corrected chi connectivity index (χ1v) is 6.05. The van der Waals surface area contributed by atoms with Crippen LogP contribution in [0, 0.1) is 0 Å². The topological polar surface area (TPSA) is 69.4 Å². The average molecular weight is 272 g/mol. The molecule has 0 aromatic heterocycles. The van der Waals surface area contributed by atoms with E-state index < -0.39 is 5.43 Å². The average Bonchev–Trinajstić information content (AvgIpc) is 2.30. The van der Waals surface area contributed by atoms with E-state index in [4.69, 9.17) is 17.3 Å². The summed E-state index contributed by atoms with van der Waals surface area (Å²) in [4.78, 5) is 20.1. The van der Waals surface area contributed by atoms with Crippen LogP contribution >= 0.6 is 11.6 Å². The fourth-order valence-electron chi connectivity index (χ4n) is 1.21. The molecule has 1 aromatic rings. The first-order chi connectivity index (χ1) is 8.49. The Morgan fingerprint density at radius 1 is 1.17 bits per heavy atom. The maximum Gasteiger partial charge on any atom is 0.403 e. The van der Waals surface area contributed by atoms with E-state index in [0.29, 0.717) is 13.0 Å². The minimum absolute atomic E-state index is 0.278. The summed E-state index contributed by atoms with van der Waals surface area (Å²) in [6, 6.07) is 7.95. The predicted octanol–water partition coefficient (Wildman–Crippen LogP) is 2.66. The van der Waals surface area contributed by atoms with Gasteiger partial charge < -0.3 is 10.5 Å². The standard InChI is InChI=1S/C10H13NO.C3H5ClO2/c1-2-8-3-5-9(6-4-8)7-10(11)12;1-2-6-3(4)5/h3-6H,2,7H2,1H3,(H2,11,12);2H2,1H3. The summed E-state index contributed by atoms with van der Waals surface area (Å²) in [5.41, 5.74) is 6.58. The number of amides is 1. The van der Waals surface area contributed by atoms with Gasteiger partial charge in [-0.25, -0.2) is 4.79 Å². The molecule has 0 bridgehead atoms. The SMILES string of the molecule is CCOC(=O)Cl.CCc1ccc(CC(N)=O)cc1. The monoisotopic (exact) mass is 271 g/mol. The van der Waals surface area contributed by atoms with Gasteiger partial charge in [-0.05, 0) is 24.5 Å². The molecule has 2 N–H and O–H groups in total. The molecule has 0 atom stereocenters. The van der Waals surface area contributed by atoms with Crippen LogP contribution in [0.3, 0.4) is 0 Å². The zero-order valence-corrected chi connectivity index (χ0v) is 11.4. The number of carbonyl (C=O) groups excluding carboxylic acids is 2. The molecular weight excluding hydrogens is 254 g/mol. The molecule has 0 spiro atoms. The Balaban J connectivity index is 0.000000411. The number of rotatable bonds is 4. The Morgan fingerprint density at radius 3 is 1.94 bits per heavy atom. The second-order valence-corrected chi connectivity index (χ2v) is 3.79. The first kappa shape index (κ1) is 16.4. The highest BCUT2D eigenvalue weighted by atomic mass is 35.5. The summed E-state index contributed by atoms with van der Waals surface area (Å²) >= 11 is 4.72. The highest BCUT2D eigenvalue weighted by Crippen LogP contribution is 2.05. The van der Waals surface area contributed by atoms with Crippen molar-refractivity contribution in [3.8, 4) is 0 Å². The molecule has 0 radical (unpaired) electrons. The maximum atomic E-state index is 10.5. The Hall–Kier alpha value is -1.55. The molecule has 0 unspecified atom stereocenters. The van der Waals surface area contributed by atoms with Crippen molar-refractivity contribution in [3.63, 3.8) is 0 Å². The Labute approximate surface area is 112 Å². The third kappa shape index (κ3) is 8.58. The van der Waals surface area contributed by atoms with Gasteiger partial charge in [-0.15, -0.1) is 0 Å². The van der Waals surface area contributed by atoms with Gasteiger partial charge in [-0.2, -0.15) is 0 Å². The van der Waals surface area contributed by atoms with Gasteiger partial charge in [-0.1, -0.05) is 31.2 Å². The zero-order valence-electron chi connectivity index (χ0n) is 10.6. The molecule has 1 amide bonds. The normalized spacial score (nSPS) is 9.06. The van der Waals surface area contributed by atoms with Crippen molar-refractivity contribution in [2.24, 2.45) is 5.73 Å². The minimum atomic E-state index is -0.738. The third-order valence-electron chi connectivity index (χ3n) is 2.07. The van der Waals surface area contributed by atoms with Crippen molar-refractivity contribution >= 4 is 22.9 Å². The maximum absolute atomic E-state index is 10.5.